The first-order valence-electron chi connectivity index (χ1n) is 4.54. The van der Waals surface area contributed by atoms with Crippen LogP contribution in [0.2, 0.25) is 0 Å². The molecule has 3 heteroatoms. The van der Waals surface area contributed by atoms with E-state index in [1.807, 2.05) is 25.1 Å². The van der Waals surface area contributed by atoms with Gasteiger partial charge in [0.05, 0.1) is 5.52 Å². The number of hydrogen-bond donors (Lipinski definition) is 0. The molecule has 2 aromatic rings. The maximum Gasteiger partial charge on any atom is 0.178 e. The largest absolute Gasteiger partial charge is 0.293 e. The molecule has 14 heavy (non-hydrogen) atoms. The summed E-state index contributed by atoms with van der Waals surface area (Å²) in [7, 11) is 1.80. The molecule has 0 radical (unpaired) electrons. The van der Waals surface area contributed by atoms with Crippen LogP contribution in [-0.4, -0.2) is 15.6 Å². The van der Waals surface area contributed by atoms with Crippen molar-refractivity contribution in [3.8, 4) is 0 Å². The lowest BCUT2D eigenvalue weighted by Crippen LogP contribution is -2.03. The molecule has 1 aromatic heterocycles. The van der Waals surface area contributed by atoms with Crippen LogP contribution in [0.25, 0.3) is 10.9 Å². The Morgan fingerprint density at radius 2 is 2.14 bits per heavy atom. The van der Waals surface area contributed by atoms with Gasteiger partial charge in [-0.3, -0.25) is 9.48 Å². The van der Waals surface area contributed by atoms with E-state index in [4.69, 9.17) is 0 Å². The van der Waals surface area contributed by atoms with E-state index in [0.717, 1.165) is 16.5 Å². The third-order valence-corrected chi connectivity index (χ3v) is 2.40. The van der Waals surface area contributed by atoms with Gasteiger partial charge in [-0.05, 0) is 18.6 Å². The van der Waals surface area contributed by atoms with Crippen LogP contribution in [0.5, 0.6) is 0 Å². The topological polar surface area (TPSA) is 34.9 Å². The molecule has 0 saturated carbocycles. The highest BCUT2D eigenvalue weighted by molar-refractivity contribution is 6.06. The number of carbonyl (C=O) groups is 1. The molecule has 0 unspecified atom stereocenters. The van der Waals surface area contributed by atoms with Crippen molar-refractivity contribution in [2.24, 2.45) is 7.05 Å². The zero-order valence-corrected chi connectivity index (χ0v) is 8.53. The molecule has 3 nitrogen and oxygen atoms in total. The van der Waals surface area contributed by atoms with E-state index in [0.29, 0.717) is 5.69 Å². The second-order valence-electron chi connectivity index (χ2n) is 3.50. The molecule has 0 fully saturated rings. The van der Waals surface area contributed by atoms with Gasteiger partial charge in [-0.2, -0.15) is 5.10 Å². The van der Waals surface area contributed by atoms with Crippen molar-refractivity contribution in [1.82, 2.24) is 9.78 Å². The number of fused-ring (bicyclic) bond motifs is 1. The fraction of sp³-hybridized carbons (Fsp3) is 0.273. The quantitative estimate of drug-likeness (QED) is 0.642. The van der Waals surface area contributed by atoms with Gasteiger partial charge in [0.15, 0.2) is 5.78 Å². The van der Waals surface area contributed by atoms with Crippen molar-refractivity contribution in [2.45, 2.75) is 13.8 Å². The average Bonchev–Trinajstić information content (AvgIpc) is 2.42. The fourth-order valence-electron chi connectivity index (χ4n) is 1.82. The number of hydrogen-bond acceptors (Lipinski definition) is 2. The van der Waals surface area contributed by atoms with Crippen LogP contribution in [0.15, 0.2) is 18.2 Å². The molecule has 0 aliphatic carbocycles. The highest BCUT2D eigenvalue weighted by atomic mass is 16.1. The Morgan fingerprint density at radius 1 is 1.43 bits per heavy atom. The fourth-order valence-corrected chi connectivity index (χ4v) is 1.82. The summed E-state index contributed by atoms with van der Waals surface area (Å²) in [4.78, 5) is 11.4. The number of rotatable bonds is 1. The standard InChI is InChI=1S/C11H12N2O/c1-7-5-4-6-9-10(7)11(8(2)14)13(3)12-9/h4-6H,1-3H3. The first kappa shape index (κ1) is 8.94. The van der Waals surface area contributed by atoms with E-state index in [1.54, 1.807) is 18.7 Å². The summed E-state index contributed by atoms with van der Waals surface area (Å²) in [5, 5.41) is 5.27. The van der Waals surface area contributed by atoms with Gasteiger partial charge in [0.25, 0.3) is 0 Å². The van der Waals surface area contributed by atoms with Gasteiger partial charge in [-0.1, -0.05) is 12.1 Å². The van der Waals surface area contributed by atoms with Crippen molar-refractivity contribution in [3.05, 3.63) is 29.5 Å². The molecule has 2 rings (SSSR count). The van der Waals surface area contributed by atoms with Gasteiger partial charge in [-0.25, -0.2) is 0 Å². The highest BCUT2D eigenvalue weighted by Gasteiger charge is 2.13. The number of ketones is 1. The highest BCUT2D eigenvalue weighted by Crippen LogP contribution is 2.21. The molecule has 0 spiro atoms. The van der Waals surface area contributed by atoms with Crippen LogP contribution < -0.4 is 0 Å². The minimum Gasteiger partial charge on any atom is -0.293 e. The Labute approximate surface area is 82.3 Å². The Morgan fingerprint density at radius 3 is 2.79 bits per heavy atom. The van der Waals surface area contributed by atoms with Crippen molar-refractivity contribution in [3.63, 3.8) is 0 Å². The van der Waals surface area contributed by atoms with Gasteiger partial charge in [0.1, 0.15) is 5.69 Å². The first-order chi connectivity index (χ1) is 6.61. The van der Waals surface area contributed by atoms with Crippen LogP contribution in [0.3, 0.4) is 0 Å². The molecule has 1 heterocycles. The summed E-state index contributed by atoms with van der Waals surface area (Å²) in [5.41, 5.74) is 2.68. The van der Waals surface area contributed by atoms with Crippen LogP contribution >= 0.6 is 0 Å². The number of aromatic nitrogens is 2. The zero-order chi connectivity index (χ0) is 10.3. The summed E-state index contributed by atoms with van der Waals surface area (Å²) in [5.74, 6) is 0.0595. The number of Topliss-reactive ketones (excluding diaryl/α,β-unsaturated/α-hetero) is 1. The van der Waals surface area contributed by atoms with Gasteiger partial charge in [-0.15, -0.1) is 0 Å². The molecule has 0 aliphatic heterocycles. The van der Waals surface area contributed by atoms with E-state index in [9.17, 15) is 4.79 Å². The normalized spacial score (nSPS) is 10.8. The average molecular weight is 188 g/mol. The Bertz CT molecular complexity index is 511. The Kier molecular flexibility index (Phi) is 1.88. The Hall–Kier alpha value is -1.64. The lowest BCUT2D eigenvalue weighted by atomic mass is 10.1. The van der Waals surface area contributed by atoms with Gasteiger partial charge in [0.2, 0.25) is 0 Å². The molecule has 0 saturated heterocycles. The Balaban J connectivity index is 2.93. The summed E-state index contributed by atoms with van der Waals surface area (Å²) in [6.45, 7) is 3.57. The monoisotopic (exact) mass is 188 g/mol. The van der Waals surface area contributed by atoms with Crippen molar-refractivity contribution < 1.29 is 4.79 Å². The molecule has 0 N–H and O–H groups in total. The lowest BCUT2D eigenvalue weighted by Gasteiger charge is -1.98. The SMILES string of the molecule is CC(=O)c1c2c(C)cccc2nn1C. The van der Waals surface area contributed by atoms with Crippen LogP contribution in [0, 0.1) is 6.92 Å². The predicted molar refractivity (Wildman–Crippen MR) is 55.5 cm³/mol. The van der Waals surface area contributed by atoms with E-state index in [2.05, 4.69) is 5.10 Å². The summed E-state index contributed by atoms with van der Waals surface area (Å²) in [6.07, 6.45) is 0. The molecular formula is C11H12N2O. The predicted octanol–water partition coefficient (Wildman–Crippen LogP) is 2.08. The maximum absolute atomic E-state index is 11.4. The molecule has 1 aromatic carbocycles. The second kappa shape index (κ2) is 2.94. The minimum absolute atomic E-state index is 0.0595. The van der Waals surface area contributed by atoms with E-state index < -0.39 is 0 Å². The lowest BCUT2D eigenvalue weighted by molar-refractivity contribution is 0.101. The van der Waals surface area contributed by atoms with Gasteiger partial charge >= 0.3 is 0 Å². The smallest absolute Gasteiger partial charge is 0.178 e. The van der Waals surface area contributed by atoms with Crippen molar-refractivity contribution >= 4 is 16.7 Å². The van der Waals surface area contributed by atoms with Crippen LogP contribution in [0.4, 0.5) is 0 Å². The zero-order valence-electron chi connectivity index (χ0n) is 8.53. The molecule has 72 valence electrons. The minimum atomic E-state index is 0.0595. The number of nitrogens with zero attached hydrogens (tertiary/aromatic N) is 2. The number of carbonyl (C=O) groups excluding carboxylic acids is 1. The maximum atomic E-state index is 11.4. The summed E-state index contributed by atoms with van der Waals surface area (Å²) < 4.78 is 1.65. The third kappa shape index (κ3) is 1.13. The second-order valence-corrected chi connectivity index (χ2v) is 3.50. The number of aryl methyl sites for hydroxylation is 2. The molecule has 0 atom stereocenters. The van der Waals surface area contributed by atoms with E-state index >= 15 is 0 Å². The van der Waals surface area contributed by atoms with Gasteiger partial charge in [0, 0.05) is 19.4 Å². The molecular weight excluding hydrogens is 176 g/mol. The van der Waals surface area contributed by atoms with E-state index in [1.165, 1.54) is 0 Å². The van der Waals surface area contributed by atoms with Crippen LogP contribution in [0.1, 0.15) is 23.0 Å². The van der Waals surface area contributed by atoms with E-state index in [-0.39, 0.29) is 5.78 Å². The molecule has 0 amide bonds. The third-order valence-electron chi connectivity index (χ3n) is 2.40. The summed E-state index contributed by atoms with van der Waals surface area (Å²) >= 11 is 0. The van der Waals surface area contributed by atoms with Gasteiger partial charge < -0.3 is 0 Å². The molecule has 0 bridgehead atoms. The first-order valence-corrected chi connectivity index (χ1v) is 4.54. The molecule has 0 aliphatic rings. The van der Waals surface area contributed by atoms with Crippen LogP contribution in [-0.2, 0) is 7.05 Å². The van der Waals surface area contributed by atoms with Crippen molar-refractivity contribution in [1.29, 1.82) is 0 Å². The number of benzene rings is 1. The summed E-state index contributed by atoms with van der Waals surface area (Å²) in [6, 6.07) is 5.87. The van der Waals surface area contributed by atoms with Crippen molar-refractivity contribution in [2.75, 3.05) is 0 Å².